The molecular formula is C14H22N2S. The maximum absolute atomic E-state index is 5.81. The average Bonchev–Trinajstić information content (AvgIpc) is 2.30. The number of hydrogen-bond acceptors (Lipinski definition) is 2. The minimum atomic E-state index is 0.474. The SMILES string of the molecule is CCC(CC)N(C)c1ccc(C)cc1C(N)=S. The van der Waals surface area contributed by atoms with Crippen LogP contribution in [0.15, 0.2) is 18.2 Å². The van der Waals surface area contributed by atoms with Crippen molar-refractivity contribution in [3.05, 3.63) is 29.3 Å². The predicted molar refractivity (Wildman–Crippen MR) is 79.8 cm³/mol. The van der Waals surface area contributed by atoms with E-state index in [2.05, 4.69) is 50.9 Å². The molecule has 1 aromatic rings. The van der Waals surface area contributed by atoms with Gasteiger partial charge in [0.25, 0.3) is 0 Å². The highest BCUT2D eigenvalue weighted by molar-refractivity contribution is 7.80. The summed E-state index contributed by atoms with van der Waals surface area (Å²) in [6.07, 6.45) is 2.25. The lowest BCUT2D eigenvalue weighted by atomic mass is 10.1. The van der Waals surface area contributed by atoms with Crippen LogP contribution in [-0.4, -0.2) is 18.1 Å². The van der Waals surface area contributed by atoms with Crippen LogP contribution in [0.25, 0.3) is 0 Å². The van der Waals surface area contributed by atoms with E-state index in [1.165, 1.54) is 5.56 Å². The molecule has 0 aliphatic carbocycles. The first-order chi connectivity index (χ1) is 8.01. The predicted octanol–water partition coefficient (Wildman–Crippen LogP) is 3.25. The van der Waals surface area contributed by atoms with Gasteiger partial charge in [-0.25, -0.2) is 0 Å². The van der Waals surface area contributed by atoms with Crippen LogP contribution in [0.3, 0.4) is 0 Å². The van der Waals surface area contributed by atoms with Crippen LogP contribution in [-0.2, 0) is 0 Å². The molecule has 94 valence electrons. The van der Waals surface area contributed by atoms with Crippen LogP contribution in [0.4, 0.5) is 5.69 Å². The van der Waals surface area contributed by atoms with Crippen molar-refractivity contribution in [3.8, 4) is 0 Å². The smallest absolute Gasteiger partial charge is 0.106 e. The van der Waals surface area contributed by atoms with Gasteiger partial charge in [0.1, 0.15) is 4.99 Å². The third-order valence-corrected chi connectivity index (χ3v) is 3.51. The highest BCUT2D eigenvalue weighted by Gasteiger charge is 2.15. The maximum atomic E-state index is 5.81. The van der Waals surface area contributed by atoms with Gasteiger partial charge in [-0.05, 0) is 31.9 Å². The summed E-state index contributed by atoms with van der Waals surface area (Å²) < 4.78 is 0. The molecule has 0 heterocycles. The van der Waals surface area contributed by atoms with Gasteiger partial charge in [-0.2, -0.15) is 0 Å². The van der Waals surface area contributed by atoms with Gasteiger partial charge in [0, 0.05) is 24.3 Å². The average molecular weight is 250 g/mol. The number of anilines is 1. The van der Waals surface area contributed by atoms with Crippen molar-refractivity contribution in [2.24, 2.45) is 5.73 Å². The first kappa shape index (κ1) is 14.0. The fraction of sp³-hybridized carbons (Fsp3) is 0.500. The highest BCUT2D eigenvalue weighted by Crippen LogP contribution is 2.24. The Hall–Kier alpha value is -1.09. The largest absolute Gasteiger partial charge is 0.389 e. The molecule has 3 heteroatoms. The Bertz CT molecular complexity index is 397. The monoisotopic (exact) mass is 250 g/mol. The Morgan fingerprint density at radius 1 is 1.35 bits per heavy atom. The van der Waals surface area contributed by atoms with E-state index in [1.54, 1.807) is 0 Å². The van der Waals surface area contributed by atoms with Crippen molar-refractivity contribution < 1.29 is 0 Å². The standard InChI is InChI=1S/C14H22N2S/c1-5-11(6-2)16(4)13-8-7-10(3)9-12(13)14(15)17/h7-9,11H,5-6H2,1-4H3,(H2,15,17). The van der Waals surface area contributed by atoms with Crippen molar-refractivity contribution in [3.63, 3.8) is 0 Å². The molecule has 0 aliphatic heterocycles. The van der Waals surface area contributed by atoms with Crippen molar-refractivity contribution in [2.75, 3.05) is 11.9 Å². The van der Waals surface area contributed by atoms with Gasteiger partial charge in [-0.3, -0.25) is 0 Å². The molecule has 0 bridgehead atoms. The first-order valence-electron chi connectivity index (χ1n) is 6.14. The van der Waals surface area contributed by atoms with Crippen molar-refractivity contribution in [1.29, 1.82) is 0 Å². The van der Waals surface area contributed by atoms with E-state index in [9.17, 15) is 0 Å². The number of hydrogen-bond donors (Lipinski definition) is 1. The van der Waals surface area contributed by atoms with E-state index < -0.39 is 0 Å². The molecule has 0 atom stereocenters. The molecule has 17 heavy (non-hydrogen) atoms. The van der Waals surface area contributed by atoms with E-state index in [-0.39, 0.29) is 0 Å². The van der Waals surface area contributed by atoms with Crippen LogP contribution >= 0.6 is 12.2 Å². The third kappa shape index (κ3) is 3.19. The summed E-state index contributed by atoms with van der Waals surface area (Å²) in [4.78, 5) is 2.76. The second kappa shape index (κ2) is 6.01. The quantitative estimate of drug-likeness (QED) is 0.813. The number of benzene rings is 1. The summed E-state index contributed by atoms with van der Waals surface area (Å²) in [5, 5.41) is 0. The molecule has 0 fully saturated rings. The molecule has 0 aromatic heterocycles. The lowest BCUT2D eigenvalue weighted by molar-refractivity contribution is 0.591. The van der Waals surface area contributed by atoms with Crippen molar-refractivity contribution in [2.45, 2.75) is 39.7 Å². The van der Waals surface area contributed by atoms with Crippen LogP contribution in [0.5, 0.6) is 0 Å². The van der Waals surface area contributed by atoms with Gasteiger partial charge in [-0.1, -0.05) is 37.7 Å². The molecule has 0 spiro atoms. The summed E-state index contributed by atoms with van der Waals surface area (Å²) >= 11 is 5.14. The Morgan fingerprint density at radius 2 is 1.94 bits per heavy atom. The molecule has 0 unspecified atom stereocenters. The zero-order valence-corrected chi connectivity index (χ0v) is 12.0. The highest BCUT2D eigenvalue weighted by atomic mass is 32.1. The number of thiocarbonyl (C=S) groups is 1. The molecule has 1 rings (SSSR count). The summed E-state index contributed by atoms with van der Waals surface area (Å²) in [6.45, 7) is 6.47. The van der Waals surface area contributed by atoms with E-state index >= 15 is 0 Å². The minimum Gasteiger partial charge on any atom is -0.389 e. The van der Waals surface area contributed by atoms with Gasteiger partial charge < -0.3 is 10.6 Å². The molecule has 0 saturated carbocycles. The zero-order valence-electron chi connectivity index (χ0n) is 11.2. The zero-order chi connectivity index (χ0) is 13.0. The topological polar surface area (TPSA) is 29.3 Å². The Morgan fingerprint density at radius 3 is 2.41 bits per heavy atom. The maximum Gasteiger partial charge on any atom is 0.106 e. The Kier molecular flexibility index (Phi) is 4.94. The molecule has 1 aromatic carbocycles. The molecule has 0 saturated heterocycles. The summed E-state index contributed by atoms with van der Waals surface area (Å²) in [5.74, 6) is 0. The summed E-state index contributed by atoms with van der Waals surface area (Å²) in [6, 6.07) is 6.82. The van der Waals surface area contributed by atoms with Crippen LogP contribution in [0.1, 0.15) is 37.8 Å². The van der Waals surface area contributed by atoms with E-state index in [4.69, 9.17) is 18.0 Å². The second-order valence-corrected chi connectivity index (χ2v) is 4.91. The summed E-state index contributed by atoms with van der Waals surface area (Å²) in [7, 11) is 2.12. The van der Waals surface area contributed by atoms with Gasteiger partial charge in [-0.15, -0.1) is 0 Å². The van der Waals surface area contributed by atoms with Gasteiger partial charge >= 0.3 is 0 Å². The van der Waals surface area contributed by atoms with Crippen molar-refractivity contribution >= 4 is 22.9 Å². The summed E-state index contributed by atoms with van der Waals surface area (Å²) in [5.41, 5.74) is 9.12. The molecule has 0 radical (unpaired) electrons. The second-order valence-electron chi connectivity index (χ2n) is 4.47. The first-order valence-corrected chi connectivity index (χ1v) is 6.55. The fourth-order valence-electron chi connectivity index (χ4n) is 2.19. The number of aryl methyl sites for hydroxylation is 1. The van der Waals surface area contributed by atoms with Gasteiger partial charge in [0.05, 0.1) is 0 Å². The minimum absolute atomic E-state index is 0.474. The molecule has 0 amide bonds. The van der Waals surface area contributed by atoms with E-state index in [0.29, 0.717) is 11.0 Å². The van der Waals surface area contributed by atoms with Crippen LogP contribution < -0.4 is 10.6 Å². The Balaban J connectivity index is 3.16. The molecule has 2 N–H and O–H groups in total. The van der Waals surface area contributed by atoms with E-state index in [0.717, 1.165) is 24.1 Å². The fourth-order valence-corrected chi connectivity index (χ4v) is 2.35. The van der Waals surface area contributed by atoms with Gasteiger partial charge in [0.2, 0.25) is 0 Å². The molecular weight excluding hydrogens is 228 g/mol. The van der Waals surface area contributed by atoms with E-state index in [1.807, 2.05) is 0 Å². The Labute approximate surface area is 110 Å². The number of rotatable bonds is 5. The lowest BCUT2D eigenvalue weighted by Gasteiger charge is -2.30. The van der Waals surface area contributed by atoms with Crippen LogP contribution in [0, 0.1) is 6.92 Å². The number of nitrogens with two attached hydrogens (primary N) is 1. The van der Waals surface area contributed by atoms with Crippen molar-refractivity contribution in [1.82, 2.24) is 0 Å². The van der Waals surface area contributed by atoms with Gasteiger partial charge in [0.15, 0.2) is 0 Å². The van der Waals surface area contributed by atoms with Crippen LogP contribution in [0.2, 0.25) is 0 Å². The third-order valence-electron chi connectivity index (χ3n) is 3.29. The normalized spacial score (nSPS) is 10.6. The molecule has 2 nitrogen and oxygen atoms in total. The number of nitrogens with zero attached hydrogens (tertiary/aromatic N) is 1. The molecule has 0 aliphatic rings. The lowest BCUT2D eigenvalue weighted by Crippen LogP contribution is -2.32.